The van der Waals surface area contributed by atoms with Crippen molar-refractivity contribution >= 4 is 34.8 Å². The molecular weight excluding hydrogens is 506 g/mol. The number of ether oxygens (including phenoxy) is 1. The van der Waals surface area contributed by atoms with Gasteiger partial charge in [0, 0.05) is 16.8 Å². The number of hydrogen-bond donors (Lipinski definition) is 2. The van der Waals surface area contributed by atoms with Gasteiger partial charge in [-0.2, -0.15) is 18.3 Å². The predicted octanol–water partition coefficient (Wildman–Crippen LogP) is 5.94. The van der Waals surface area contributed by atoms with Crippen molar-refractivity contribution in [3.63, 3.8) is 0 Å². The first-order valence-electron chi connectivity index (χ1n) is 10.6. The van der Waals surface area contributed by atoms with E-state index in [1.807, 2.05) is 20.8 Å². The van der Waals surface area contributed by atoms with Crippen molar-refractivity contribution in [2.45, 2.75) is 51.7 Å². The molecule has 2 unspecified atom stereocenters. The largest absolute Gasteiger partial charge is 0.435 e. The third-order valence-electron chi connectivity index (χ3n) is 5.07. The Kier molecular flexibility index (Phi) is 6.50. The Morgan fingerprint density at radius 1 is 1.17 bits per heavy atom. The third kappa shape index (κ3) is 5.55. The first-order valence-corrected chi connectivity index (χ1v) is 11.3. The zero-order chi connectivity index (χ0) is 25.7. The van der Waals surface area contributed by atoms with Crippen molar-refractivity contribution < 1.29 is 22.7 Å². The van der Waals surface area contributed by atoms with E-state index < -0.39 is 29.7 Å². The van der Waals surface area contributed by atoms with Gasteiger partial charge in [-0.05, 0) is 63.6 Å². The Morgan fingerprint density at radius 3 is 2.51 bits per heavy atom. The van der Waals surface area contributed by atoms with Crippen molar-refractivity contribution in [3.8, 4) is 5.82 Å². The number of pyridine rings is 1. The Balaban J connectivity index is 1.67. The highest BCUT2D eigenvalue weighted by Gasteiger charge is 2.46. The van der Waals surface area contributed by atoms with Gasteiger partial charge in [-0.3, -0.25) is 4.79 Å². The maximum Gasteiger partial charge on any atom is 0.435 e. The molecule has 0 saturated carbocycles. The van der Waals surface area contributed by atoms with E-state index in [0.717, 1.165) is 10.7 Å². The van der Waals surface area contributed by atoms with Crippen LogP contribution in [0.2, 0.25) is 10.0 Å². The van der Waals surface area contributed by atoms with Gasteiger partial charge in [-0.25, -0.2) is 9.67 Å². The molecule has 1 amide bonds. The maximum atomic E-state index is 13.5. The van der Waals surface area contributed by atoms with Crippen LogP contribution in [-0.4, -0.2) is 32.4 Å². The average Bonchev–Trinajstić information content (AvgIpc) is 3.33. The second-order valence-electron chi connectivity index (χ2n) is 9.14. The van der Waals surface area contributed by atoms with Crippen molar-refractivity contribution in [2.75, 3.05) is 5.32 Å². The normalized spacial score (nSPS) is 17.9. The zero-order valence-corrected chi connectivity index (χ0v) is 20.7. The van der Waals surface area contributed by atoms with Gasteiger partial charge in [0.2, 0.25) is 0 Å². The fourth-order valence-corrected chi connectivity index (χ4v) is 4.03. The van der Waals surface area contributed by atoms with Crippen molar-refractivity contribution in [1.29, 1.82) is 0 Å². The standard InChI is InChI=1S/C23H22Cl2F3N5O2/c1-11-8-12(24)9-13(20(34)31-22(2,3)4)17(11)30-21-18(35-21)15-10-16(23(26,27)28)32-33(15)19-14(25)6-5-7-29-19/h5-10,18,21,30H,1-4H3,(H,31,34). The lowest BCUT2D eigenvalue weighted by Gasteiger charge is -2.22. The fraction of sp³-hybridized carbons (Fsp3) is 0.348. The summed E-state index contributed by atoms with van der Waals surface area (Å²) in [5.74, 6) is -0.311. The SMILES string of the molecule is Cc1cc(Cl)cc(C(=O)NC(C)(C)C)c1NC1OC1c1cc(C(F)(F)F)nn1-c1ncccc1Cl. The maximum absolute atomic E-state index is 13.5. The highest BCUT2D eigenvalue weighted by Crippen LogP contribution is 2.43. The minimum absolute atomic E-state index is 0.0434. The van der Waals surface area contributed by atoms with E-state index in [2.05, 4.69) is 20.7 Å². The number of amides is 1. The molecule has 2 aromatic heterocycles. The molecule has 3 aromatic rings. The van der Waals surface area contributed by atoms with Crippen molar-refractivity contribution in [1.82, 2.24) is 20.1 Å². The van der Waals surface area contributed by atoms with E-state index in [4.69, 9.17) is 27.9 Å². The number of halogens is 5. The quantitative estimate of drug-likeness (QED) is 0.401. The minimum atomic E-state index is -4.68. The van der Waals surface area contributed by atoms with Gasteiger partial charge in [0.1, 0.15) is 6.10 Å². The minimum Gasteiger partial charge on any atom is -0.357 e. The predicted molar refractivity (Wildman–Crippen MR) is 126 cm³/mol. The monoisotopic (exact) mass is 527 g/mol. The highest BCUT2D eigenvalue weighted by molar-refractivity contribution is 6.32. The fourth-order valence-electron chi connectivity index (χ4n) is 3.55. The van der Waals surface area contributed by atoms with E-state index in [1.54, 1.807) is 19.1 Å². The molecule has 3 heterocycles. The summed E-state index contributed by atoms with van der Waals surface area (Å²) < 4.78 is 47.1. The molecule has 35 heavy (non-hydrogen) atoms. The molecule has 4 rings (SSSR count). The molecule has 1 aromatic carbocycles. The lowest BCUT2D eigenvalue weighted by atomic mass is 10.0. The number of anilines is 1. The van der Waals surface area contributed by atoms with Crippen LogP contribution in [0.1, 0.15) is 54.2 Å². The molecule has 1 aliphatic rings. The van der Waals surface area contributed by atoms with Crippen LogP contribution in [0.25, 0.3) is 5.82 Å². The summed E-state index contributed by atoms with van der Waals surface area (Å²) in [7, 11) is 0. The van der Waals surface area contributed by atoms with Crippen molar-refractivity contribution in [2.24, 2.45) is 0 Å². The number of nitrogens with zero attached hydrogens (tertiary/aromatic N) is 3. The zero-order valence-electron chi connectivity index (χ0n) is 19.2. The first kappa shape index (κ1) is 25.3. The van der Waals surface area contributed by atoms with Gasteiger partial charge in [0.15, 0.2) is 17.7 Å². The van der Waals surface area contributed by atoms with Crippen LogP contribution in [0.3, 0.4) is 0 Å². The van der Waals surface area contributed by atoms with E-state index in [0.29, 0.717) is 16.3 Å². The summed E-state index contributed by atoms with van der Waals surface area (Å²) in [6.45, 7) is 7.30. The van der Waals surface area contributed by atoms with Gasteiger partial charge in [-0.1, -0.05) is 23.2 Å². The van der Waals surface area contributed by atoms with Crippen LogP contribution >= 0.6 is 23.2 Å². The number of rotatable bonds is 5. The Bertz CT molecular complexity index is 1290. The lowest BCUT2D eigenvalue weighted by Crippen LogP contribution is -2.41. The van der Waals surface area contributed by atoms with Gasteiger partial charge >= 0.3 is 6.18 Å². The number of epoxide rings is 1. The van der Waals surface area contributed by atoms with Crippen molar-refractivity contribution in [3.05, 3.63) is 69.1 Å². The van der Waals surface area contributed by atoms with Gasteiger partial charge in [0.05, 0.1) is 22.0 Å². The summed E-state index contributed by atoms with van der Waals surface area (Å²) >= 11 is 12.4. The van der Waals surface area contributed by atoms with Crippen LogP contribution in [0, 0.1) is 6.92 Å². The van der Waals surface area contributed by atoms with Gasteiger partial charge < -0.3 is 15.4 Å². The van der Waals surface area contributed by atoms with Crippen LogP contribution in [0.5, 0.6) is 0 Å². The summed E-state index contributed by atoms with van der Waals surface area (Å²) in [5.41, 5.74) is -0.0636. The molecule has 0 radical (unpaired) electrons. The van der Waals surface area contributed by atoms with Gasteiger partial charge in [0.25, 0.3) is 5.91 Å². The number of carbonyl (C=O) groups is 1. The van der Waals surface area contributed by atoms with Gasteiger partial charge in [-0.15, -0.1) is 0 Å². The van der Waals surface area contributed by atoms with Crippen LogP contribution in [-0.2, 0) is 10.9 Å². The molecule has 1 fully saturated rings. The van der Waals surface area contributed by atoms with E-state index in [-0.39, 0.29) is 28.0 Å². The second kappa shape index (κ2) is 9.00. The molecule has 1 saturated heterocycles. The number of aryl methyl sites for hydroxylation is 1. The summed E-state index contributed by atoms with van der Waals surface area (Å²) in [4.78, 5) is 17.0. The summed E-state index contributed by atoms with van der Waals surface area (Å²) in [6.07, 6.45) is -4.80. The molecule has 12 heteroatoms. The van der Waals surface area contributed by atoms with E-state index in [9.17, 15) is 18.0 Å². The lowest BCUT2D eigenvalue weighted by molar-refractivity contribution is -0.141. The number of alkyl halides is 3. The van der Waals surface area contributed by atoms with Crippen LogP contribution in [0.4, 0.5) is 18.9 Å². The molecular formula is C23H22Cl2F3N5O2. The molecule has 7 nitrogen and oxygen atoms in total. The number of hydrogen-bond acceptors (Lipinski definition) is 5. The summed E-state index contributed by atoms with van der Waals surface area (Å²) in [6, 6.07) is 7.16. The Labute approximate surface area is 209 Å². The molecule has 2 N–H and O–H groups in total. The first-order chi connectivity index (χ1) is 16.2. The smallest absolute Gasteiger partial charge is 0.357 e. The number of aromatic nitrogens is 3. The second-order valence-corrected chi connectivity index (χ2v) is 9.99. The molecule has 186 valence electrons. The molecule has 0 spiro atoms. The van der Waals surface area contributed by atoms with E-state index in [1.165, 1.54) is 18.3 Å². The molecule has 2 atom stereocenters. The number of nitrogens with one attached hydrogen (secondary N) is 2. The Hall–Kier alpha value is -2.82. The molecule has 0 bridgehead atoms. The number of carbonyl (C=O) groups excluding carboxylic acids is 1. The average molecular weight is 528 g/mol. The molecule has 1 aliphatic heterocycles. The van der Waals surface area contributed by atoms with E-state index >= 15 is 0 Å². The highest BCUT2D eigenvalue weighted by atomic mass is 35.5. The molecule has 0 aliphatic carbocycles. The third-order valence-corrected chi connectivity index (χ3v) is 5.58. The summed E-state index contributed by atoms with van der Waals surface area (Å²) in [5, 5.41) is 10.2. The topological polar surface area (TPSA) is 84.4 Å². The number of benzene rings is 1. The van der Waals surface area contributed by atoms with Crippen LogP contribution in [0.15, 0.2) is 36.5 Å². The van der Waals surface area contributed by atoms with Crippen LogP contribution < -0.4 is 10.6 Å². The Morgan fingerprint density at radius 2 is 1.89 bits per heavy atom.